The topological polar surface area (TPSA) is 45.5 Å². The third-order valence-corrected chi connectivity index (χ3v) is 2.32. The molecule has 0 saturated carbocycles. The highest BCUT2D eigenvalue weighted by Gasteiger charge is 1.90. The summed E-state index contributed by atoms with van der Waals surface area (Å²) in [6.07, 6.45) is 3.44. The number of nitrogens with zero attached hydrogens (tertiary/aromatic N) is 2. The number of thiazole rings is 1. The second kappa shape index (κ2) is 4.02. The largest absolute Gasteiger partial charge is 0.508 e. The molecule has 4 heteroatoms. The molecule has 0 amide bonds. The normalized spacial score (nSPS) is 10.9. The van der Waals surface area contributed by atoms with Crippen molar-refractivity contribution in [1.29, 1.82) is 0 Å². The maximum Gasteiger partial charge on any atom is 0.208 e. The van der Waals surface area contributed by atoms with Crippen molar-refractivity contribution >= 4 is 22.7 Å². The zero-order valence-corrected chi connectivity index (χ0v) is 8.11. The van der Waals surface area contributed by atoms with Crippen LogP contribution in [0.15, 0.2) is 40.8 Å². The predicted molar refractivity (Wildman–Crippen MR) is 57.5 cm³/mol. The monoisotopic (exact) mass is 204 g/mol. The number of aromatic nitrogens is 1. The zero-order chi connectivity index (χ0) is 9.80. The average molecular weight is 204 g/mol. The summed E-state index contributed by atoms with van der Waals surface area (Å²) in [5.41, 5.74) is 0.943. The van der Waals surface area contributed by atoms with E-state index in [2.05, 4.69) is 9.98 Å². The van der Waals surface area contributed by atoms with Crippen LogP contribution < -0.4 is 0 Å². The van der Waals surface area contributed by atoms with Crippen LogP contribution in [0.3, 0.4) is 0 Å². The number of rotatable bonds is 2. The highest BCUT2D eigenvalue weighted by molar-refractivity contribution is 7.13. The minimum atomic E-state index is 0.261. The van der Waals surface area contributed by atoms with Gasteiger partial charge in [0.25, 0.3) is 0 Å². The van der Waals surface area contributed by atoms with Crippen LogP contribution in [0.25, 0.3) is 0 Å². The molecule has 0 bridgehead atoms. The van der Waals surface area contributed by atoms with Crippen molar-refractivity contribution < 1.29 is 5.11 Å². The lowest BCUT2D eigenvalue weighted by Crippen LogP contribution is -1.77. The Bertz CT molecular complexity index is 420. The van der Waals surface area contributed by atoms with E-state index in [1.165, 1.54) is 11.3 Å². The summed E-state index contributed by atoms with van der Waals surface area (Å²) in [6, 6.07) is 6.85. The first-order chi connectivity index (χ1) is 6.84. The molecule has 0 atom stereocenters. The molecule has 0 aliphatic rings. The molecule has 0 unspecified atom stereocenters. The van der Waals surface area contributed by atoms with Gasteiger partial charge >= 0.3 is 0 Å². The molecule has 0 spiro atoms. The lowest BCUT2D eigenvalue weighted by atomic mass is 10.2. The number of phenols is 1. The molecular weight excluding hydrogens is 196 g/mol. The minimum Gasteiger partial charge on any atom is -0.508 e. The van der Waals surface area contributed by atoms with Gasteiger partial charge in [0.15, 0.2) is 0 Å². The number of hydrogen-bond acceptors (Lipinski definition) is 4. The number of phenolic OH excluding ortho intramolecular Hbond substituents is 1. The van der Waals surface area contributed by atoms with Crippen molar-refractivity contribution in [1.82, 2.24) is 4.98 Å². The van der Waals surface area contributed by atoms with Crippen molar-refractivity contribution in [2.45, 2.75) is 0 Å². The molecular formula is C10H8N2OS. The van der Waals surface area contributed by atoms with Crippen LogP contribution in [0, 0.1) is 0 Å². The Labute approximate surface area is 85.4 Å². The molecule has 14 heavy (non-hydrogen) atoms. The third kappa shape index (κ3) is 2.17. The molecule has 0 saturated heterocycles. The zero-order valence-electron chi connectivity index (χ0n) is 7.29. The Hall–Kier alpha value is -1.68. The van der Waals surface area contributed by atoms with Crippen LogP contribution >= 0.6 is 11.3 Å². The lowest BCUT2D eigenvalue weighted by molar-refractivity contribution is 0.475. The van der Waals surface area contributed by atoms with Gasteiger partial charge in [-0.15, -0.1) is 11.3 Å². The second-order valence-corrected chi connectivity index (χ2v) is 3.54. The minimum absolute atomic E-state index is 0.261. The Morgan fingerprint density at radius 2 is 2.07 bits per heavy atom. The molecule has 0 aliphatic carbocycles. The van der Waals surface area contributed by atoms with Crippen molar-refractivity contribution in [3.05, 3.63) is 41.4 Å². The van der Waals surface area contributed by atoms with Gasteiger partial charge in [0.2, 0.25) is 5.13 Å². The summed E-state index contributed by atoms with van der Waals surface area (Å²) in [5, 5.41) is 11.7. The maximum atomic E-state index is 9.05. The molecule has 1 N–H and O–H groups in total. The van der Waals surface area contributed by atoms with Crippen LogP contribution in [0.5, 0.6) is 5.75 Å². The molecule has 0 fully saturated rings. The standard InChI is InChI=1S/C10H8N2OS/c13-9-3-1-8(2-4-9)7-12-10-11-5-6-14-10/h1-7,13H/b12-7-. The smallest absolute Gasteiger partial charge is 0.208 e. The van der Waals surface area contributed by atoms with Crippen LogP contribution in [-0.4, -0.2) is 16.3 Å². The SMILES string of the molecule is Oc1ccc(/C=N\c2nccs2)cc1. The van der Waals surface area contributed by atoms with Crippen LogP contribution in [0.1, 0.15) is 5.56 Å². The quantitative estimate of drug-likeness (QED) is 0.764. The second-order valence-electron chi connectivity index (χ2n) is 2.66. The Kier molecular flexibility index (Phi) is 2.55. The van der Waals surface area contributed by atoms with E-state index >= 15 is 0 Å². The average Bonchev–Trinajstić information content (AvgIpc) is 2.70. The summed E-state index contributed by atoms with van der Waals surface area (Å²) in [4.78, 5) is 8.19. The Morgan fingerprint density at radius 1 is 1.29 bits per heavy atom. The third-order valence-electron chi connectivity index (χ3n) is 1.64. The van der Waals surface area contributed by atoms with Gasteiger partial charge in [-0.25, -0.2) is 9.98 Å². The van der Waals surface area contributed by atoms with Crippen LogP contribution in [0.2, 0.25) is 0 Å². The number of aliphatic imine (C=N–C) groups is 1. The molecule has 3 nitrogen and oxygen atoms in total. The van der Waals surface area contributed by atoms with Gasteiger partial charge in [-0.3, -0.25) is 0 Å². The Morgan fingerprint density at radius 3 is 2.71 bits per heavy atom. The van der Waals surface area contributed by atoms with Gasteiger partial charge in [0.05, 0.1) is 0 Å². The maximum absolute atomic E-state index is 9.05. The van der Waals surface area contributed by atoms with Gasteiger partial charge in [-0.1, -0.05) is 0 Å². The van der Waals surface area contributed by atoms with Crippen LogP contribution in [0.4, 0.5) is 5.13 Å². The van der Waals surface area contributed by atoms with Gasteiger partial charge in [-0.05, 0) is 29.8 Å². The number of hydrogen-bond donors (Lipinski definition) is 1. The molecule has 2 aromatic rings. The van der Waals surface area contributed by atoms with E-state index in [9.17, 15) is 0 Å². The van der Waals surface area contributed by atoms with Crippen molar-refractivity contribution in [2.75, 3.05) is 0 Å². The van der Waals surface area contributed by atoms with Gasteiger partial charge in [-0.2, -0.15) is 0 Å². The number of benzene rings is 1. The van der Waals surface area contributed by atoms with Gasteiger partial charge in [0, 0.05) is 17.8 Å². The molecule has 70 valence electrons. The summed E-state index contributed by atoms with van der Waals surface area (Å²) in [5.74, 6) is 0.261. The van der Waals surface area contributed by atoms with Crippen LogP contribution in [-0.2, 0) is 0 Å². The molecule has 0 aliphatic heterocycles. The molecule has 2 rings (SSSR count). The highest BCUT2D eigenvalue weighted by atomic mass is 32.1. The summed E-state index contributed by atoms with van der Waals surface area (Å²) >= 11 is 1.49. The Balaban J connectivity index is 2.15. The lowest BCUT2D eigenvalue weighted by Gasteiger charge is -1.92. The van der Waals surface area contributed by atoms with Crippen molar-refractivity contribution in [2.24, 2.45) is 4.99 Å². The van der Waals surface area contributed by atoms with Gasteiger partial charge in [0.1, 0.15) is 5.75 Å². The van der Waals surface area contributed by atoms with Crippen molar-refractivity contribution in [3.8, 4) is 5.75 Å². The molecule has 1 aromatic heterocycles. The van der Waals surface area contributed by atoms with E-state index in [0.29, 0.717) is 0 Å². The van der Waals surface area contributed by atoms with E-state index in [-0.39, 0.29) is 5.75 Å². The fourth-order valence-corrected chi connectivity index (χ4v) is 1.45. The van der Waals surface area contributed by atoms with E-state index in [4.69, 9.17) is 5.11 Å². The predicted octanol–water partition coefficient (Wildman–Crippen LogP) is 2.60. The van der Waals surface area contributed by atoms with Gasteiger partial charge < -0.3 is 5.11 Å². The summed E-state index contributed by atoms with van der Waals surface area (Å²) in [6.45, 7) is 0. The fourth-order valence-electron chi connectivity index (χ4n) is 0.970. The number of aromatic hydroxyl groups is 1. The van der Waals surface area contributed by atoms with E-state index < -0.39 is 0 Å². The molecule has 0 radical (unpaired) electrons. The molecule has 1 heterocycles. The van der Waals surface area contributed by atoms with E-state index in [1.54, 1.807) is 36.7 Å². The first-order valence-corrected chi connectivity index (χ1v) is 4.95. The van der Waals surface area contributed by atoms with Crippen molar-refractivity contribution in [3.63, 3.8) is 0 Å². The summed E-state index contributed by atoms with van der Waals surface area (Å²) in [7, 11) is 0. The summed E-state index contributed by atoms with van der Waals surface area (Å²) < 4.78 is 0. The van der Waals surface area contributed by atoms with E-state index in [1.807, 2.05) is 5.38 Å². The first-order valence-electron chi connectivity index (χ1n) is 4.07. The molecule has 1 aromatic carbocycles. The highest BCUT2D eigenvalue weighted by Crippen LogP contribution is 2.15. The van der Waals surface area contributed by atoms with E-state index in [0.717, 1.165) is 10.7 Å². The fraction of sp³-hybridized carbons (Fsp3) is 0. The first kappa shape index (κ1) is 8.90.